The summed E-state index contributed by atoms with van der Waals surface area (Å²) >= 11 is 2.96. The van der Waals surface area contributed by atoms with Crippen molar-refractivity contribution < 1.29 is 5.11 Å². The van der Waals surface area contributed by atoms with E-state index in [1.165, 1.54) is 11.5 Å². The molecule has 0 bridgehead atoms. The largest absolute Gasteiger partial charge is 0.391 e. The predicted molar refractivity (Wildman–Crippen MR) is 59.9 cm³/mol. The molecule has 0 aromatic carbocycles. The topological polar surface area (TPSA) is 58.0 Å². The minimum atomic E-state index is -0.320. The van der Waals surface area contributed by atoms with Crippen LogP contribution in [0.3, 0.4) is 0 Å². The maximum absolute atomic E-state index is 9.45. The smallest absolute Gasteiger partial charge is 0.170 e. The molecule has 1 atom stereocenters. The molecule has 0 spiro atoms. The number of nitrogens with zero attached hydrogens (tertiary/aromatic N) is 2. The van der Waals surface area contributed by atoms with Crippen LogP contribution in [-0.4, -0.2) is 39.9 Å². The van der Waals surface area contributed by atoms with Gasteiger partial charge < -0.3 is 10.4 Å². The van der Waals surface area contributed by atoms with Crippen LogP contribution in [0.4, 0.5) is 0 Å². The summed E-state index contributed by atoms with van der Waals surface area (Å²) in [5, 5.41) is 12.4. The highest BCUT2D eigenvalue weighted by molar-refractivity contribution is 8.00. The van der Waals surface area contributed by atoms with Gasteiger partial charge in [-0.3, -0.25) is 0 Å². The molecule has 1 unspecified atom stereocenters. The zero-order valence-corrected chi connectivity index (χ0v) is 9.99. The van der Waals surface area contributed by atoms with E-state index in [4.69, 9.17) is 0 Å². The fraction of sp³-hybridized carbons (Fsp3) is 0.750. The Hall–Kier alpha value is -0.170. The first-order chi connectivity index (χ1) is 6.76. The minimum Gasteiger partial charge on any atom is -0.391 e. The van der Waals surface area contributed by atoms with Gasteiger partial charge in [0.2, 0.25) is 0 Å². The lowest BCUT2D eigenvalue weighted by atomic mass is 10.4. The van der Waals surface area contributed by atoms with Crippen LogP contribution in [0, 0.1) is 0 Å². The van der Waals surface area contributed by atoms with Crippen molar-refractivity contribution in [3.05, 3.63) is 5.82 Å². The van der Waals surface area contributed by atoms with E-state index in [0.29, 0.717) is 12.3 Å². The van der Waals surface area contributed by atoms with Crippen LogP contribution in [0.15, 0.2) is 4.34 Å². The van der Waals surface area contributed by atoms with Crippen molar-refractivity contribution in [3.8, 4) is 0 Å². The quantitative estimate of drug-likeness (QED) is 0.711. The molecule has 2 N–H and O–H groups in total. The van der Waals surface area contributed by atoms with E-state index < -0.39 is 0 Å². The molecule has 0 fully saturated rings. The Morgan fingerprint density at radius 2 is 2.43 bits per heavy atom. The molecular formula is C8H15N3OS2. The SMILES string of the molecule is CCc1nsc(SCC(O)CNC)n1. The van der Waals surface area contributed by atoms with E-state index in [2.05, 4.69) is 14.7 Å². The van der Waals surface area contributed by atoms with Crippen LogP contribution in [0.5, 0.6) is 0 Å². The number of thioether (sulfide) groups is 1. The van der Waals surface area contributed by atoms with Gasteiger partial charge in [-0.05, 0) is 18.6 Å². The Morgan fingerprint density at radius 3 is 3.00 bits per heavy atom. The normalized spacial score (nSPS) is 13.1. The Labute approximate surface area is 92.3 Å². The van der Waals surface area contributed by atoms with Crippen LogP contribution < -0.4 is 5.32 Å². The Balaban J connectivity index is 2.30. The lowest BCUT2D eigenvalue weighted by Crippen LogP contribution is -2.25. The highest BCUT2D eigenvalue weighted by Crippen LogP contribution is 2.20. The van der Waals surface area contributed by atoms with Crippen molar-refractivity contribution in [2.75, 3.05) is 19.3 Å². The summed E-state index contributed by atoms with van der Waals surface area (Å²) in [4.78, 5) is 4.30. The van der Waals surface area contributed by atoms with Crippen molar-refractivity contribution in [1.29, 1.82) is 0 Å². The first-order valence-electron chi connectivity index (χ1n) is 4.54. The summed E-state index contributed by atoms with van der Waals surface area (Å²) in [6.07, 6.45) is 0.551. The molecule has 1 rings (SSSR count). The maximum Gasteiger partial charge on any atom is 0.170 e. The van der Waals surface area contributed by atoms with E-state index in [1.807, 2.05) is 14.0 Å². The number of hydrogen-bond acceptors (Lipinski definition) is 6. The maximum atomic E-state index is 9.45. The van der Waals surface area contributed by atoms with Crippen molar-refractivity contribution in [2.45, 2.75) is 23.8 Å². The van der Waals surface area contributed by atoms with Gasteiger partial charge in [-0.15, -0.1) is 0 Å². The zero-order valence-electron chi connectivity index (χ0n) is 8.36. The molecule has 0 saturated heterocycles. The first-order valence-corrected chi connectivity index (χ1v) is 6.30. The van der Waals surface area contributed by atoms with Crippen LogP contribution in [0.1, 0.15) is 12.7 Å². The van der Waals surface area contributed by atoms with Gasteiger partial charge in [-0.25, -0.2) is 4.98 Å². The Bertz CT molecular complexity index is 267. The van der Waals surface area contributed by atoms with Gasteiger partial charge in [0.05, 0.1) is 6.10 Å². The summed E-state index contributed by atoms with van der Waals surface area (Å²) in [5.41, 5.74) is 0. The molecule has 0 radical (unpaired) electrons. The fourth-order valence-corrected chi connectivity index (χ4v) is 2.55. The summed E-state index contributed by atoms with van der Waals surface area (Å²) < 4.78 is 5.11. The van der Waals surface area contributed by atoms with Crippen LogP contribution in [0.2, 0.25) is 0 Å². The van der Waals surface area contributed by atoms with E-state index in [9.17, 15) is 5.11 Å². The van der Waals surface area contributed by atoms with Gasteiger partial charge in [0.15, 0.2) is 4.34 Å². The molecule has 0 saturated carbocycles. The van der Waals surface area contributed by atoms with Crippen molar-refractivity contribution >= 4 is 23.3 Å². The molecule has 4 nitrogen and oxygen atoms in total. The van der Waals surface area contributed by atoms with Crippen LogP contribution in [0.25, 0.3) is 0 Å². The average Bonchev–Trinajstić information content (AvgIpc) is 2.63. The lowest BCUT2D eigenvalue weighted by Gasteiger charge is -2.06. The third-order valence-corrected chi connectivity index (χ3v) is 3.62. The molecule has 14 heavy (non-hydrogen) atoms. The number of aromatic nitrogens is 2. The van der Waals surface area contributed by atoms with E-state index in [1.54, 1.807) is 11.8 Å². The average molecular weight is 233 g/mol. The highest BCUT2D eigenvalue weighted by atomic mass is 32.2. The zero-order chi connectivity index (χ0) is 10.4. The van der Waals surface area contributed by atoms with Gasteiger partial charge in [0, 0.05) is 18.7 Å². The highest BCUT2D eigenvalue weighted by Gasteiger charge is 2.07. The first kappa shape index (κ1) is 11.9. The molecule has 6 heteroatoms. The molecule has 1 aromatic rings. The minimum absolute atomic E-state index is 0.320. The second-order valence-corrected chi connectivity index (χ2v) is 4.87. The Morgan fingerprint density at radius 1 is 1.64 bits per heavy atom. The molecule has 0 aliphatic heterocycles. The van der Waals surface area contributed by atoms with Gasteiger partial charge in [-0.2, -0.15) is 4.37 Å². The second-order valence-electron chi connectivity index (χ2n) is 2.85. The number of nitrogens with one attached hydrogen (secondary N) is 1. The number of aryl methyl sites for hydroxylation is 1. The van der Waals surface area contributed by atoms with Crippen LogP contribution >= 0.6 is 23.3 Å². The number of aliphatic hydroxyl groups excluding tert-OH is 1. The third-order valence-electron chi connectivity index (χ3n) is 1.60. The molecule has 1 heterocycles. The number of likely N-dealkylation sites (N-methyl/N-ethyl adjacent to an activating group) is 1. The van der Waals surface area contributed by atoms with Gasteiger partial charge in [0.25, 0.3) is 0 Å². The van der Waals surface area contributed by atoms with Crippen molar-refractivity contribution in [3.63, 3.8) is 0 Å². The van der Waals surface area contributed by atoms with Crippen molar-refractivity contribution in [1.82, 2.24) is 14.7 Å². The summed E-state index contributed by atoms with van der Waals surface area (Å²) in [6, 6.07) is 0. The molecular weight excluding hydrogens is 218 g/mol. The number of hydrogen-bond donors (Lipinski definition) is 2. The Kier molecular flexibility index (Phi) is 5.39. The number of aliphatic hydroxyl groups is 1. The second kappa shape index (κ2) is 6.34. The molecule has 80 valence electrons. The molecule has 0 aliphatic rings. The fourth-order valence-electron chi connectivity index (χ4n) is 0.902. The number of rotatable bonds is 6. The summed E-state index contributed by atoms with van der Waals surface area (Å²) in [6.45, 7) is 2.65. The van der Waals surface area contributed by atoms with Crippen molar-refractivity contribution in [2.24, 2.45) is 0 Å². The van der Waals surface area contributed by atoms with E-state index >= 15 is 0 Å². The van der Waals surface area contributed by atoms with E-state index in [-0.39, 0.29) is 6.10 Å². The molecule has 0 aliphatic carbocycles. The lowest BCUT2D eigenvalue weighted by molar-refractivity contribution is 0.199. The molecule has 1 aromatic heterocycles. The van der Waals surface area contributed by atoms with Gasteiger partial charge in [-0.1, -0.05) is 18.7 Å². The standard InChI is InChI=1S/C8H15N3OS2/c1-3-7-10-8(14-11-7)13-5-6(12)4-9-2/h6,9,12H,3-5H2,1-2H3. The molecule has 0 amide bonds. The third kappa shape index (κ3) is 3.91. The predicted octanol–water partition coefficient (Wildman–Crippen LogP) is 0.773. The van der Waals surface area contributed by atoms with Gasteiger partial charge in [0.1, 0.15) is 5.82 Å². The van der Waals surface area contributed by atoms with Gasteiger partial charge >= 0.3 is 0 Å². The summed E-state index contributed by atoms with van der Waals surface area (Å²) in [7, 11) is 1.83. The van der Waals surface area contributed by atoms with E-state index in [0.717, 1.165) is 16.6 Å². The summed E-state index contributed by atoms with van der Waals surface area (Å²) in [5.74, 6) is 1.56. The monoisotopic (exact) mass is 233 g/mol. The van der Waals surface area contributed by atoms with Crippen LogP contribution in [-0.2, 0) is 6.42 Å².